The molecule has 3 rings (SSSR count). The first-order valence-electron chi connectivity index (χ1n) is 8.98. The monoisotopic (exact) mass is 366 g/mol. The third kappa shape index (κ3) is 4.80. The summed E-state index contributed by atoms with van der Waals surface area (Å²) in [7, 11) is -3.43. The lowest BCUT2D eigenvalue weighted by molar-refractivity contribution is -0.124. The fourth-order valence-electron chi connectivity index (χ4n) is 3.50. The average molecular weight is 366 g/mol. The highest BCUT2D eigenvalue weighted by molar-refractivity contribution is 7.89. The van der Waals surface area contributed by atoms with E-state index in [4.69, 9.17) is 4.74 Å². The molecule has 0 aliphatic carbocycles. The molecule has 2 aliphatic rings. The topological polar surface area (TPSA) is 75.7 Å². The van der Waals surface area contributed by atoms with Crippen molar-refractivity contribution in [2.75, 3.05) is 26.3 Å². The Bertz CT molecular complexity index is 664. The van der Waals surface area contributed by atoms with E-state index in [9.17, 15) is 13.2 Å². The van der Waals surface area contributed by atoms with Gasteiger partial charge in [-0.25, -0.2) is 8.42 Å². The molecule has 0 unspecified atom stereocenters. The zero-order valence-corrected chi connectivity index (χ0v) is 15.2. The van der Waals surface area contributed by atoms with Crippen molar-refractivity contribution in [1.82, 2.24) is 9.62 Å². The van der Waals surface area contributed by atoms with Crippen molar-refractivity contribution in [2.45, 2.75) is 43.0 Å². The minimum absolute atomic E-state index is 0.0548. The van der Waals surface area contributed by atoms with Gasteiger partial charge in [-0.3, -0.25) is 4.79 Å². The smallest absolute Gasteiger partial charge is 0.243 e. The molecule has 1 amide bonds. The van der Waals surface area contributed by atoms with Crippen molar-refractivity contribution < 1.29 is 17.9 Å². The van der Waals surface area contributed by atoms with Crippen LogP contribution in [0.15, 0.2) is 35.2 Å². The molecule has 2 fully saturated rings. The van der Waals surface area contributed by atoms with E-state index in [0.29, 0.717) is 49.8 Å². The highest BCUT2D eigenvalue weighted by Gasteiger charge is 2.30. The van der Waals surface area contributed by atoms with Crippen molar-refractivity contribution >= 4 is 15.9 Å². The second-order valence-corrected chi connectivity index (χ2v) is 8.78. The van der Waals surface area contributed by atoms with Gasteiger partial charge in [0.2, 0.25) is 15.9 Å². The Morgan fingerprint density at radius 2 is 1.88 bits per heavy atom. The third-order valence-electron chi connectivity index (χ3n) is 4.93. The highest BCUT2D eigenvalue weighted by atomic mass is 32.2. The molecule has 0 saturated carbocycles. The van der Waals surface area contributed by atoms with E-state index in [-0.39, 0.29) is 11.9 Å². The molecular weight excluding hydrogens is 340 g/mol. The molecule has 0 radical (unpaired) electrons. The van der Waals surface area contributed by atoms with Gasteiger partial charge in [0.25, 0.3) is 0 Å². The Morgan fingerprint density at radius 3 is 2.52 bits per heavy atom. The number of hydrogen-bond acceptors (Lipinski definition) is 4. The van der Waals surface area contributed by atoms with Gasteiger partial charge >= 0.3 is 0 Å². The van der Waals surface area contributed by atoms with Gasteiger partial charge in [-0.2, -0.15) is 4.31 Å². The molecule has 1 atom stereocenters. The van der Waals surface area contributed by atoms with Crippen LogP contribution in [0, 0.1) is 5.92 Å². The molecule has 0 bridgehead atoms. The SMILES string of the molecule is O=C(C[C@H]1CCCOC1)NC1CCN(S(=O)(=O)c2ccccc2)CC1. The standard InChI is InChI=1S/C18H26N2O4S/c21-18(13-15-5-4-12-24-14-15)19-16-8-10-20(11-9-16)25(22,23)17-6-2-1-3-7-17/h1-3,6-7,15-16H,4-5,8-14H2,(H,19,21)/t15-/m1/s1. The summed E-state index contributed by atoms with van der Waals surface area (Å²) in [5.41, 5.74) is 0. The number of amides is 1. The van der Waals surface area contributed by atoms with E-state index in [1.54, 1.807) is 30.3 Å². The van der Waals surface area contributed by atoms with Gasteiger partial charge in [-0.05, 0) is 43.7 Å². The van der Waals surface area contributed by atoms with Gasteiger partial charge in [0.05, 0.1) is 4.90 Å². The van der Waals surface area contributed by atoms with E-state index < -0.39 is 10.0 Å². The maximum Gasteiger partial charge on any atom is 0.243 e. The maximum atomic E-state index is 12.6. The number of nitrogens with one attached hydrogen (secondary N) is 1. The van der Waals surface area contributed by atoms with Gasteiger partial charge in [0, 0.05) is 38.8 Å². The van der Waals surface area contributed by atoms with Crippen molar-refractivity contribution in [1.29, 1.82) is 0 Å². The van der Waals surface area contributed by atoms with Crippen LogP contribution in [0.2, 0.25) is 0 Å². The van der Waals surface area contributed by atoms with E-state index in [1.807, 2.05) is 0 Å². The largest absolute Gasteiger partial charge is 0.381 e. The van der Waals surface area contributed by atoms with Crippen LogP contribution in [-0.2, 0) is 19.6 Å². The lowest BCUT2D eigenvalue weighted by Gasteiger charge is -2.32. The predicted octanol–water partition coefficient (Wildman–Crippen LogP) is 1.77. The summed E-state index contributed by atoms with van der Waals surface area (Å²) in [5, 5.41) is 3.06. The highest BCUT2D eigenvalue weighted by Crippen LogP contribution is 2.21. The van der Waals surface area contributed by atoms with Crippen LogP contribution < -0.4 is 5.32 Å². The minimum atomic E-state index is -3.43. The number of carbonyl (C=O) groups excluding carboxylic acids is 1. The molecule has 25 heavy (non-hydrogen) atoms. The van der Waals surface area contributed by atoms with Gasteiger partial charge < -0.3 is 10.1 Å². The minimum Gasteiger partial charge on any atom is -0.381 e. The van der Waals surface area contributed by atoms with Gasteiger partial charge in [-0.1, -0.05) is 18.2 Å². The van der Waals surface area contributed by atoms with Crippen LogP contribution in [0.1, 0.15) is 32.1 Å². The first-order valence-corrected chi connectivity index (χ1v) is 10.4. The van der Waals surface area contributed by atoms with E-state index in [2.05, 4.69) is 5.32 Å². The molecule has 2 aliphatic heterocycles. The van der Waals surface area contributed by atoms with Crippen molar-refractivity contribution in [3.63, 3.8) is 0 Å². The Balaban J connectivity index is 1.47. The molecule has 1 N–H and O–H groups in total. The van der Waals surface area contributed by atoms with Gasteiger partial charge in [0.1, 0.15) is 0 Å². The number of nitrogens with zero attached hydrogens (tertiary/aromatic N) is 1. The summed E-state index contributed by atoms with van der Waals surface area (Å²) >= 11 is 0. The summed E-state index contributed by atoms with van der Waals surface area (Å²) in [6.07, 6.45) is 3.87. The number of piperidine rings is 1. The van der Waals surface area contributed by atoms with Crippen molar-refractivity contribution in [3.8, 4) is 0 Å². The summed E-state index contributed by atoms with van der Waals surface area (Å²) in [4.78, 5) is 12.5. The van der Waals surface area contributed by atoms with E-state index in [1.165, 1.54) is 4.31 Å². The average Bonchev–Trinajstić information content (AvgIpc) is 2.63. The molecule has 0 spiro atoms. The molecule has 2 heterocycles. The second-order valence-electron chi connectivity index (χ2n) is 6.85. The fraction of sp³-hybridized carbons (Fsp3) is 0.611. The number of hydrogen-bond donors (Lipinski definition) is 1. The Labute approximate surface area is 149 Å². The third-order valence-corrected chi connectivity index (χ3v) is 6.84. The summed E-state index contributed by atoms with van der Waals surface area (Å²) in [5.74, 6) is 0.368. The molecule has 2 saturated heterocycles. The van der Waals surface area contributed by atoms with Crippen LogP contribution in [0.25, 0.3) is 0 Å². The van der Waals surface area contributed by atoms with Gasteiger partial charge in [-0.15, -0.1) is 0 Å². The summed E-state index contributed by atoms with van der Waals surface area (Å²) < 4.78 is 32.1. The van der Waals surface area contributed by atoms with Crippen LogP contribution >= 0.6 is 0 Å². The number of rotatable bonds is 5. The number of carbonyl (C=O) groups is 1. The van der Waals surface area contributed by atoms with Crippen molar-refractivity contribution in [2.24, 2.45) is 5.92 Å². The van der Waals surface area contributed by atoms with Crippen molar-refractivity contribution in [3.05, 3.63) is 30.3 Å². The first-order chi connectivity index (χ1) is 12.1. The van der Waals surface area contributed by atoms with Crippen LogP contribution in [0.5, 0.6) is 0 Å². The normalized spacial score (nSPS) is 23.3. The van der Waals surface area contributed by atoms with Crippen LogP contribution in [0.4, 0.5) is 0 Å². The quantitative estimate of drug-likeness (QED) is 0.862. The Kier molecular flexibility index (Phi) is 6.09. The molecule has 0 aromatic heterocycles. The maximum absolute atomic E-state index is 12.6. The molecule has 7 heteroatoms. The number of benzene rings is 1. The van der Waals surface area contributed by atoms with Crippen LogP contribution in [-0.4, -0.2) is 51.0 Å². The Morgan fingerprint density at radius 1 is 1.16 bits per heavy atom. The van der Waals surface area contributed by atoms with E-state index >= 15 is 0 Å². The molecule has 1 aromatic rings. The number of sulfonamides is 1. The molecule has 1 aromatic carbocycles. The molecule has 138 valence electrons. The second kappa shape index (κ2) is 8.29. The summed E-state index contributed by atoms with van der Waals surface area (Å²) in [6.45, 7) is 2.34. The summed E-state index contributed by atoms with van der Waals surface area (Å²) in [6, 6.07) is 8.56. The van der Waals surface area contributed by atoms with E-state index in [0.717, 1.165) is 19.4 Å². The molecular formula is C18H26N2O4S. The van der Waals surface area contributed by atoms with Crippen LogP contribution in [0.3, 0.4) is 0 Å². The predicted molar refractivity (Wildman–Crippen MR) is 94.5 cm³/mol. The lowest BCUT2D eigenvalue weighted by Crippen LogP contribution is -2.46. The first kappa shape index (κ1) is 18.4. The van der Waals surface area contributed by atoms with Gasteiger partial charge in [0.15, 0.2) is 0 Å². The lowest BCUT2D eigenvalue weighted by atomic mass is 9.97. The molecule has 6 nitrogen and oxygen atoms in total. The number of ether oxygens (including phenoxy) is 1. The Hall–Kier alpha value is -1.44. The zero-order chi connectivity index (χ0) is 17.7. The fourth-order valence-corrected chi connectivity index (χ4v) is 4.99. The zero-order valence-electron chi connectivity index (χ0n) is 14.4.